The van der Waals surface area contributed by atoms with Crippen LogP contribution in [0, 0.1) is 0 Å². The Morgan fingerprint density at radius 1 is 1.16 bits per heavy atom. The van der Waals surface area contributed by atoms with Gasteiger partial charge in [0.25, 0.3) is 0 Å². The number of hydrogen-bond acceptors (Lipinski definition) is 4. The number of amides is 2. The van der Waals surface area contributed by atoms with Gasteiger partial charge in [0.1, 0.15) is 5.75 Å². The maximum atomic E-state index is 13.2. The van der Waals surface area contributed by atoms with E-state index in [1.54, 1.807) is 18.2 Å². The lowest BCUT2D eigenvalue weighted by atomic mass is 9.85. The van der Waals surface area contributed by atoms with Crippen molar-refractivity contribution in [3.05, 3.63) is 59.2 Å². The molecule has 2 amide bonds. The Hall–Kier alpha value is -3.33. The summed E-state index contributed by atoms with van der Waals surface area (Å²) < 4.78 is 50.6. The molecule has 5 rings (SSSR count). The maximum Gasteiger partial charge on any atom is 0.416 e. The van der Waals surface area contributed by atoms with Gasteiger partial charge < -0.3 is 20.1 Å². The summed E-state index contributed by atoms with van der Waals surface area (Å²) in [6.07, 6.45) is -1.92. The third-order valence-electron chi connectivity index (χ3n) is 5.84. The van der Waals surface area contributed by atoms with Crippen LogP contribution in [0.5, 0.6) is 5.75 Å². The Kier molecular flexibility index (Phi) is 4.74. The second-order valence-corrected chi connectivity index (χ2v) is 8.20. The predicted octanol–water partition coefficient (Wildman–Crippen LogP) is 4.16. The molecular weight excluding hydrogens is 425 g/mol. The molecule has 0 aliphatic carbocycles. The average molecular weight is 444 g/mol. The van der Waals surface area contributed by atoms with Crippen molar-refractivity contribution in [2.45, 2.75) is 31.0 Å². The topological polar surface area (TPSA) is 76.7 Å². The van der Waals surface area contributed by atoms with Gasteiger partial charge in [-0.2, -0.15) is 13.2 Å². The molecule has 6 nitrogen and oxygen atoms in total. The normalized spacial score (nSPS) is 20.0. The van der Waals surface area contributed by atoms with Gasteiger partial charge in [0, 0.05) is 35.9 Å². The number of halogens is 3. The first-order valence-electron chi connectivity index (χ1n) is 10.1. The van der Waals surface area contributed by atoms with E-state index in [1.165, 1.54) is 12.1 Å². The molecular formula is C23H19F3N2O4. The number of carbonyl (C=O) groups is 2. The first kappa shape index (κ1) is 20.6. The highest BCUT2D eigenvalue weighted by atomic mass is 19.4. The maximum absolute atomic E-state index is 13.2. The molecule has 1 saturated heterocycles. The second-order valence-electron chi connectivity index (χ2n) is 8.20. The fourth-order valence-electron chi connectivity index (χ4n) is 4.25. The second kappa shape index (κ2) is 7.37. The molecule has 0 atom stereocenters. The van der Waals surface area contributed by atoms with Gasteiger partial charge >= 0.3 is 6.18 Å². The Morgan fingerprint density at radius 3 is 2.69 bits per heavy atom. The van der Waals surface area contributed by atoms with E-state index in [0.29, 0.717) is 41.8 Å². The molecule has 0 unspecified atom stereocenters. The molecule has 3 aliphatic heterocycles. The summed E-state index contributed by atoms with van der Waals surface area (Å²) in [5, 5.41) is 5.63. The molecule has 0 saturated carbocycles. The molecule has 0 aromatic heterocycles. The van der Waals surface area contributed by atoms with Crippen molar-refractivity contribution in [1.82, 2.24) is 0 Å². The zero-order chi connectivity index (χ0) is 22.5. The zero-order valence-electron chi connectivity index (χ0n) is 16.8. The minimum atomic E-state index is -4.50. The number of nitrogens with one attached hydrogen (secondary N) is 2. The molecule has 3 aliphatic rings. The van der Waals surface area contributed by atoms with Gasteiger partial charge in [-0.1, -0.05) is 12.1 Å². The van der Waals surface area contributed by atoms with Crippen LogP contribution < -0.4 is 15.4 Å². The fourth-order valence-corrected chi connectivity index (χ4v) is 4.25. The summed E-state index contributed by atoms with van der Waals surface area (Å²) in [4.78, 5) is 24.5. The van der Waals surface area contributed by atoms with Crippen LogP contribution in [0.1, 0.15) is 29.5 Å². The monoisotopic (exact) mass is 444 g/mol. The summed E-state index contributed by atoms with van der Waals surface area (Å²) in [5.41, 5.74) is 1.55. The molecule has 9 heteroatoms. The largest absolute Gasteiger partial charge is 0.481 e. The van der Waals surface area contributed by atoms with E-state index in [0.717, 1.165) is 17.7 Å². The molecule has 32 heavy (non-hydrogen) atoms. The molecule has 1 fully saturated rings. The molecule has 2 aromatic carbocycles. The Labute approximate surface area is 181 Å². The highest BCUT2D eigenvalue weighted by molar-refractivity contribution is 6.06. The molecule has 3 heterocycles. The number of fused-ring (bicyclic) bond motifs is 2. The van der Waals surface area contributed by atoms with Crippen LogP contribution in [-0.4, -0.2) is 30.6 Å². The lowest BCUT2D eigenvalue weighted by Crippen LogP contribution is -2.55. The minimum absolute atomic E-state index is 0.0758. The summed E-state index contributed by atoms with van der Waals surface area (Å²) >= 11 is 0. The third kappa shape index (κ3) is 3.73. The predicted molar refractivity (Wildman–Crippen MR) is 110 cm³/mol. The van der Waals surface area contributed by atoms with E-state index in [9.17, 15) is 22.8 Å². The van der Waals surface area contributed by atoms with E-state index < -0.39 is 23.2 Å². The third-order valence-corrected chi connectivity index (χ3v) is 5.84. The van der Waals surface area contributed by atoms with E-state index in [-0.39, 0.29) is 24.9 Å². The van der Waals surface area contributed by atoms with Crippen molar-refractivity contribution in [2.24, 2.45) is 0 Å². The number of alkyl halides is 3. The molecule has 2 aromatic rings. The van der Waals surface area contributed by atoms with Gasteiger partial charge in [-0.25, -0.2) is 0 Å². The summed E-state index contributed by atoms with van der Waals surface area (Å²) in [5.74, 6) is -0.394. The van der Waals surface area contributed by atoms with Crippen LogP contribution >= 0.6 is 0 Å². The Morgan fingerprint density at radius 2 is 1.97 bits per heavy atom. The number of rotatable bonds is 2. The molecule has 0 radical (unpaired) electrons. The van der Waals surface area contributed by atoms with Crippen molar-refractivity contribution < 1.29 is 32.2 Å². The van der Waals surface area contributed by atoms with E-state index in [1.807, 2.05) is 0 Å². The van der Waals surface area contributed by atoms with Gasteiger partial charge in [-0.15, -0.1) is 0 Å². The van der Waals surface area contributed by atoms with Crippen molar-refractivity contribution in [3.63, 3.8) is 0 Å². The fraction of sp³-hybridized carbons (Fsp3) is 0.304. The number of anilines is 2. The quantitative estimate of drug-likeness (QED) is 0.682. The summed E-state index contributed by atoms with van der Waals surface area (Å²) in [6.45, 7) is 0.487. The smallest absolute Gasteiger partial charge is 0.416 e. The number of hydrogen-bond donors (Lipinski definition) is 2. The summed E-state index contributed by atoms with van der Waals surface area (Å²) in [6, 6.07) is 8.55. The van der Waals surface area contributed by atoms with Crippen molar-refractivity contribution in [2.75, 3.05) is 23.8 Å². The zero-order valence-corrected chi connectivity index (χ0v) is 16.8. The van der Waals surface area contributed by atoms with Gasteiger partial charge in [-0.3, -0.25) is 9.59 Å². The highest BCUT2D eigenvalue weighted by Gasteiger charge is 2.46. The SMILES string of the molecule is O=C(C=C1CC2(COC2)Oc2cc(C(F)(F)F)ccc21)Nc1cccc2c1CCC(=O)N2. The van der Waals surface area contributed by atoms with Crippen LogP contribution in [-0.2, 0) is 26.9 Å². The van der Waals surface area contributed by atoms with Crippen LogP contribution in [0.25, 0.3) is 5.57 Å². The minimum Gasteiger partial charge on any atom is -0.481 e. The first-order chi connectivity index (χ1) is 15.2. The van der Waals surface area contributed by atoms with E-state index >= 15 is 0 Å². The van der Waals surface area contributed by atoms with E-state index in [2.05, 4.69) is 10.6 Å². The van der Waals surface area contributed by atoms with Crippen LogP contribution in [0.4, 0.5) is 24.5 Å². The number of ether oxygens (including phenoxy) is 2. The molecule has 0 bridgehead atoms. The van der Waals surface area contributed by atoms with Gasteiger partial charge in [0.15, 0.2) is 5.60 Å². The van der Waals surface area contributed by atoms with Crippen LogP contribution in [0.2, 0.25) is 0 Å². The Bertz CT molecular complexity index is 1150. The van der Waals surface area contributed by atoms with Crippen LogP contribution in [0.15, 0.2) is 42.5 Å². The lowest BCUT2D eigenvalue weighted by molar-refractivity contribution is -0.161. The first-order valence-corrected chi connectivity index (χ1v) is 10.1. The molecule has 2 N–H and O–H groups in total. The van der Waals surface area contributed by atoms with E-state index in [4.69, 9.17) is 9.47 Å². The summed E-state index contributed by atoms with van der Waals surface area (Å²) in [7, 11) is 0. The molecule has 166 valence electrons. The average Bonchev–Trinajstić information content (AvgIpc) is 2.71. The van der Waals surface area contributed by atoms with Gasteiger partial charge in [0.2, 0.25) is 11.8 Å². The van der Waals surface area contributed by atoms with Crippen LogP contribution in [0.3, 0.4) is 0 Å². The standard InChI is InChI=1S/C23H19F3N2O4/c24-23(25,26)14-4-5-15-13(10-22(11-31-12-22)32-19(15)9-14)8-21(30)28-18-3-1-2-17-16(18)6-7-20(29)27-17/h1-5,8-9H,6-7,10-12H2,(H,27,29)(H,28,30). The lowest BCUT2D eigenvalue weighted by Gasteiger charge is -2.45. The number of carbonyl (C=O) groups excluding carboxylic acids is 2. The van der Waals surface area contributed by atoms with Crippen molar-refractivity contribution in [1.29, 1.82) is 0 Å². The van der Waals surface area contributed by atoms with Crippen molar-refractivity contribution >= 4 is 28.8 Å². The molecule has 1 spiro atoms. The van der Waals surface area contributed by atoms with Gasteiger partial charge in [0.05, 0.1) is 18.8 Å². The highest BCUT2D eigenvalue weighted by Crippen LogP contribution is 2.45. The Balaban J connectivity index is 1.46. The van der Waals surface area contributed by atoms with Crippen molar-refractivity contribution in [3.8, 4) is 5.75 Å². The number of benzene rings is 2. The van der Waals surface area contributed by atoms with Gasteiger partial charge in [-0.05, 0) is 41.8 Å².